The number of fused-ring (bicyclic) bond motifs is 1. The smallest absolute Gasteiger partial charge is 0.0933 e. The Balaban J connectivity index is 1.47. The predicted octanol–water partition coefficient (Wildman–Crippen LogP) is 3.46. The lowest BCUT2D eigenvalue weighted by molar-refractivity contribution is -0.0991. The van der Waals surface area contributed by atoms with Crippen LogP contribution in [-0.2, 0) is 11.4 Å². The Morgan fingerprint density at radius 2 is 1.96 bits per heavy atom. The van der Waals surface area contributed by atoms with E-state index >= 15 is 0 Å². The van der Waals surface area contributed by atoms with Crippen molar-refractivity contribution in [1.82, 2.24) is 14.7 Å². The molecular formula is C19H25N3O. The first kappa shape index (κ1) is 14.9. The zero-order chi connectivity index (χ0) is 15.6. The third-order valence-corrected chi connectivity index (χ3v) is 5.19. The van der Waals surface area contributed by atoms with Crippen molar-refractivity contribution in [2.24, 2.45) is 0 Å². The fourth-order valence-corrected chi connectivity index (χ4v) is 3.87. The molecule has 4 heteroatoms. The monoisotopic (exact) mass is 311 g/mol. The Morgan fingerprint density at radius 3 is 2.83 bits per heavy atom. The summed E-state index contributed by atoms with van der Waals surface area (Å²) in [5.74, 6) is 0. The maximum Gasteiger partial charge on any atom is 0.0933 e. The highest BCUT2D eigenvalue weighted by atomic mass is 16.5. The summed E-state index contributed by atoms with van der Waals surface area (Å²) in [6, 6.07) is 9.22. The van der Waals surface area contributed by atoms with Gasteiger partial charge in [0.15, 0.2) is 0 Å². The van der Waals surface area contributed by atoms with E-state index in [0.717, 1.165) is 19.8 Å². The summed E-state index contributed by atoms with van der Waals surface area (Å²) in [5, 5.41) is 4.58. The predicted molar refractivity (Wildman–Crippen MR) is 91.1 cm³/mol. The van der Waals surface area contributed by atoms with Crippen LogP contribution in [0.2, 0.25) is 0 Å². The zero-order valence-electron chi connectivity index (χ0n) is 13.8. The minimum absolute atomic E-state index is 0.435. The quantitative estimate of drug-likeness (QED) is 0.869. The van der Waals surface area contributed by atoms with Crippen molar-refractivity contribution < 1.29 is 4.74 Å². The second-order valence-electron chi connectivity index (χ2n) is 6.85. The van der Waals surface area contributed by atoms with E-state index in [1.807, 2.05) is 6.20 Å². The van der Waals surface area contributed by atoms with Gasteiger partial charge in [0.2, 0.25) is 0 Å². The molecule has 2 atom stereocenters. The van der Waals surface area contributed by atoms with Crippen molar-refractivity contribution in [2.45, 2.75) is 51.4 Å². The molecule has 0 radical (unpaired) electrons. The highest BCUT2D eigenvalue weighted by molar-refractivity contribution is 5.61. The van der Waals surface area contributed by atoms with E-state index in [0.29, 0.717) is 12.1 Å². The lowest BCUT2D eigenvalue weighted by atomic mass is 9.90. The molecule has 2 fully saturated rings. The Kier molecular flexibility index (Phi) is 4.19. The number of nitrogens with zero attached hydrogens (tertiary/aromatic N) is 3. The number of morpholine rings is 1. The number of rotatable bonds is 3. The largest absolute Gasteiger partial charge is 0.375 e. The second kappa shape index (κ2) is 6.46. The molecule has 122 valence electrons. The van der Waals surface area contributed by atoms with Gasteiger partial charge in [0.05, 0.1) is 25.6 Å². The number of ether oxygens (including phenoxy) is 1. The molecular weight excluding hydrogens is 286 g/mol. The standard InChI is InChI=1S/C19H25N3O/c1-15-6-8-16(9-7-15)17-12-20-22(13-17)14-21-10-11-23-19-5-3-2-4-18(19)21/h6-9,12-13,18-19H,2-5,10-11,14H2,1H3/t18-,19-/m1/s1. The molecule has 23 heavy (non-hydrogen) atoms. The van der Waals surface area contributed by atoms with Gasteiger partial charge in [0.1, 0.15) is 0 Å². The van der Waals surface area contributed by atoms with Crippen LogP contribution in [0.25, 0.3) is 11.1 Å². The second-order valence-corrected chi connectivity index (χ2v) is 6.85. The van der Waals surface area contributed by atoms with Crippen LogP contribution in [0.4, 0.5) is 0 Å². The molecule has 1 aliphatic carbocycles. The summed E-state index contributed by atoms with van der Waals surface area (Å²) >= 11 is 0. The number of aryl methyl sites for hydroxylation is 1. The van der Waals surface area contributed by atoms with Gasteiger partial charge < -0.3 is 4.74 Å². The molecule has 1 aromatic carbocycles. The summed E-state index contributed by atoms with van der Waals surface area (Å²) in [7, 11) is 0. The van der Waals surface area contributed by atoms with Crippen LogP contribution in [0.15, 0.2) is 36.7 Å². The van der Waals surface area contributed by atoms with Crippen molar-refractivity contribution in [2.75, 3.05) is 13.2 Å². The molecule has 2 heterocycles. The van der Waals surface area contributed by atoms with E-state index in [1.54, 1.807) is 0 Å². The minimum atomic E-state index is 0.435. The normalized spacial score (nSPS) is 25.3. The van der Waals surface area contributed by atoms with Crippen molar-refractivity contribution in [3.05, 3.63) is 42.2 Å². The number of hydrogen-bond acceptors (Lipinski definition) is 3. The highest BCUT2D eigenvalue weighted by Crippen LogP contribution is 2.29. The van der Waals surface area contributed by atoms with Crippen LogP contribution in [0.5, 0.6) is 0 Å². The zero-order valence-corrected chi connectivity index (χ0v) is 13.8. The van der Waals surface area contributed by atoms with E-state index in [-0.39, 0.29) is 0 Å². The van der Waals surface area contributed by atoms with Gasteiger partial charge in [-0.15, -0.1) is 0 Å². The third-order valence-electron chi connectivity index (χ3n) is 5.19. The van der Waals surface area contributed by atoms with E-state index in [9.17, 15) is 0 Å². The highest BCUT2D eigenvalue weighted by Gasteiger charge is 2.34. The average Bonchev–Trinajstić information content (AvgIpc) is 3.04. The molecule has 0 amide bonds. The molecule has 4 nitrogen and oxygen atoms in total. The van der Waals surface area contributed by atoms with Crippen molar-refractivity contribution in [3.63, 3.8) is 0 Å². The SMILES string of the molecule is Cc1ccc(-c2cnn(CN3CCO[C@@H]4CCCC[C@H]43)c2)cc1. The van der Waals surface area contributed by atoms with Crippen LogP contribution in [-0.4, -0.2) is 40.0 Å². The lowest BCUT2D eigenvalue weighted by Gasteiger charge is -2.43. The van der Waals surface area contributed by atoms with Crippen LogP contribution < -0.4 is 0 Å². The van der Waals surface area contributed by atoms with Gasteiger partial charge in [-0.1, -0.05) is 42.7 Å². The van der Waals surface area contributed by atoms with Crippen molar-refractivity contribution in [1.29, 1.82) is 0 Å². The maximum absolute atomic E-state index is 5.96. The number of benzene rings is 1. The van der Waals surface area contributed by atoms with E-state index in [1.165, 1.54) is 42.4 Å². The van der Waals surface area contributed by atoms with Crippen LogP contribution in [0, 0.1) is 6.92 Å². The van der Waals surface area contributed by atoms with Gasteiger partial charge in [0.25, 0.3) is 0 Å². The average molecular weight is 311 g/mol. The molecule has 0 spiro atoms. The van der Waals surface area contributed by atoms with Crippen LogP contribution in [0.3, 0.4) is 0 Å². The van der Waals surface area contributed by atoms with Gasteiger partial charge in [-0.2, -0.15) is 5.10 Å². The first-order valence-corrected chi connectivity index (χ1v) is 8.75. The minimum Gasteiger partial charge on any atom is -0.375 e. The van der Waals surface area contributed by atoms with Gasteiger partial charge in [0, 0.05) is 24.3 Å². The molecule has 1 saturated carbocycles. The molecule has 0 bridgehead atoms. The number of hydrogen-bond donors (Lipinski definition) is 0. The molecule has 0 unspecified atom stereocenters. The Hall–Kier alpha value is -1.65. The van der Waals surface area contributed by atoms with Gasteiger partial charge in [-0.25, -0.2) is 0 Å². The molecule has 1 saturated heterocycles. The Labute approximate surface area is 138 Å². The summed E-state index contributed by atoms with van der Waals surface area (Å²) in [5.41, 5.74) is 3.72. The molecule has 4 rings (SSSR count). The van der Waals surface area contributed by atoms with Crippen LogP contribution >= 0.6 is 0 Å². The van der Waals surface area contributed by atoms with E-state index in [4.69, 9.17) is 4.74 Å². The Bertz CT molecular complexity index is 647. The lowest BCUT2D eigenvalue weighted by Crippen LogP contribution is -2.52. The summed E-state index contributed by atoms with van der Waals surface area (Å²) < 4.78 is 8.04. The summed E-state index contributed by atoms with van der Waals surface area (Å²) in [6.07, 6.45) is 9.69. The first-order valence-electron chi connectivity index (χ1n) is 8.75. The topological polar surface area (TPSA) is 30.3 Å². The third kappa shape index (κ3) is 3.19. The number of aromatic nitrogens is 2. The fourth-order valence-electron chi connectivity index (χ4n) is 3.87. The van der Waals surface area contributed by atoms with Crippen molar-refractivity contribution in [3.8, 4) is 11.1 Å². The van der Waals surface area contributed by atoms with Crippen LogP contribution in [0.1, 0.15) is 31.2 Å². The molecule has 2 aliphatic rings. The maximum atomic E-state index is 5.96. The van der Waals surface area contributed by atoms with E-state index < -0.39 is 0 Å². The summed E-state index contributed by atoms with van der Waals surface area (Å²) in [4.78, 5) is 2.55. The molecule has 1 aromatic heterocycles. The van der Waals surface area contributed by atoms with E-state index in [2.05, 4.69) is 52.1 Å². The fraction of sp³-hybridized carbons (Fsp3) is 0.526. The van der Waals surface area contributed by atoms with Gasteiger partial charge in [-0.3, -0.25) is 9.58 Å². The van der Waals surface area contributed by atoms with Gasteiger partial charge in [-0.05, 0) is 25.3 Å². The molecule has 2 aromatic rings. The summed E-state index contributed by atoms with van der Waals surface area (Å²) in [6.45, 7) is 4.86. The molecule has 1 aliphatic heterocycles. The van der Waals surface area contributed by atoms with Crippen molar-refractivity contribution >= 4 is 0 Å². The Morgan fingerprint density at radius 1 is 1.13 bits per heavy atom. The first-order chi connectivity index (χ1) is 11.3. The molecule has 0 N–H and O–H groups in total. The van der Waals surface area contributed by atoms with Gasteiger partial charge >= 0.3 is 0 Å².